The topological polar surface area (TPSA) is 63.9 Å². The van der Waals surface area contributed by atoms with Crippen LogP contribution in [0.25, 0.3) is 5.65 Å². The van der Waals surface area contributed by atoms with Gasteiger partial charge in [-0.1, -0.05) is 17.7 Å². The van der Waals surface area contributed by atoms with Gasteiger partial charge in [0, 0.05) is 19.3 Å². The van der Waals surface area contributed by atoms with Gasteiger partial charge in [-0.3, -0.25) is 4.40 Å². The highest BCUT2D eigenvalue weighted by Gasteiger charge is 2.32. The van der Waals surface area contributed by atoms with Crippen LogP contribution in [0.1, 0.15) is 0 Å². The number of halogens is 1. The van der Waals surface area contributed by atoms with Crippen molar-refractivity contribution in [2.45, 2.75) is 5.03 Å². The molecule has 1 saturated heterocycles. The number of aromatic nitrogens is 2. The van der Waals surface area contributed by atoms with Crippen molar-refractivity contribution in [3.63, 3.8) is 0 Å². The molecule has 19 heavy (non-hydrogen) atoms. The summed E-state index contributed by atoms with van der Waals surface area (Å²) in [6.07, 6.45) is 1.64. The van der Waals surface area contributed by atoms with Gasteiger partial charge in [-0.2, -0.15) is 4.31 Å². The first-order valence-corrected chi connectivity index (χ1v) is 7.63. The highest BCUT2D eigenvalue weighted by molar-refractivity contribution is 7.89. The summed E-state index contributed by atoms with van der Waals surface area (Å²) in [6.45, 7) is 1.46. The van der Waals surface area contributed by atoms with Crippen LogP contribution in [0.15, 0.2) is 29.4 Å². The predicted octanol–water partition coefficient (Wildman–Crippen LogP) is 1.01. The molecule has 3 rings (SSSR count). The lowest BCUT2D eigenvalue weighted by Gasteiger charge is -2.25. The number of hydrogen-bond donors (Lipinski definition) is 0. The van der Waals surface area contributed by atoms with E-state index in [9.17, 15) is 8.42 Å². The average molecular weight is 302 g/mol. The van der Waals surface area contributed by atoms with Crippen molar-refractivity contribution in [2.24, 2.45) is 0 Å². The number of pyridine rings is 1. The molecule has 0 bridgehead atoms. The molecule has 0 unspecified atom stereocenters. The SMILES string of the molecule is O=S(=O)(c1c(Cl)nc2ccccn12)N1CCOCC1. The first-order valence-electron chi connectivity index (χ1n) is 5.81. The van der Waals surface area contributed by atoms with E-state index in [1.54, 1.807) is 24.4 Å². The van der Waals surface area contributed by atoms with E-state index >= 15 is 0 Å². The van der Waals surface area contributed by atoms with Crippen molar-refractivity contribution in [1.82, 2.24) is 13.7 Å². The summed E-state index contributed by atoms with van der Waals surface area (Å²) < 4.78 is 33.3. The molecule has 1 aliphatic rings. The second kappa shape index (κ2) is 4.75. The third-order valence-electron chi connectivity index (χ3n) is 3.00. The van der Waals surface area contributed by atoms with Crippen molar-refractivity contribution in [3.05, 3.63) is 29.5 Å². The maximum absolute atomic E-state index is 12.6. The Morgan fingerprint density at radius 1 is 1.26 bits per heavy atom. The Labute approximate surface area is 115 Å². The summed E-state index contributed by atoms with van der Waals surface area (Å²) in [7, 11) is -3.65. The number of ether oxygens (including phenoxy) is 1. The fraction of sp³-hybridized carbons (Fsp3) is 0.364. The van der Waals surface area contributed by atoms with E-state index in [0.29, 0.717) is 32.0 Å². The quantitative estimate of drug-likeness (QED) is 0.830. The molecule has 0 aliphatic carbocycles. The summed E-state index contributed by atoms with van der Waals surface area (Å²) in [5.74, 6) is 0. The van der Waals surface area contributed by atoms with Crippen LogP contribution in [-0.4, -0.2) is 48.4 Å². The molecule has 0 atom stereocenters. The van der Waals surface area contributed by atoms with Gasteiger partial charge in [0.05, 0.1) is 13.2 Å². The molecule has 0 amide bonds. The molecule has 0 aromatic carbocycles. The Morgan fingerprint density at radius 3 is 2.74 bits per heavy atom. The molecule has 102 valence electrons. The monoisotopic (exact) mass is 301 g/mol. The number of rotatable bonds is 2. The molecule has 2 aromatic rings. The zero-order valence-electron chi connectivity index (χ0n) is 9.99. The van der Waals surface area contributed by atoms with Crippen LogP contribution >= 0.6 is 11.6 Å². The summed E-state index contributed by atoms with van der Waals surface area (Å²) in [5, 5.41) is 0.0179. The minimum atomic E-state index is -3.65. The lowest BCUT2D eigenvalue weighted by Crippen LogP contribution is -2.41. The Morgan fingerprint density at radius 2 is 2.00 bits per heavy atom. The molecule has 1 aliphatic heterocycles. The van der Waals surface area contributed by atoms with E-state index in [-0.39, 0.29) is 10.2 Å². The van der Waals surface area contributed by atoms with Crippen molar-refractivity contribution in [3.8, 4) is 0 Å². The van der Waals surface area contributed by atoms with Gasteiger partial charge in [0.1, 0.15) is 5.65 Å². The Kier molecular flexibility index (Phi) is 3.22. The third-order valence-corrected chi connectivity index (χ3v) is 5.30. The molecule has 0 saturated carbocycles. The zero-order chi connectivity index (χ0) is 13.5. The standard InChI is InChI=1S/C11H12ClN3O3S/c12-10-11(15-4-2-1-3-9(15)13-10)19(16,17)14-5-7-18-8-6-14/h1-4H,5-8H2. The Hall–Kier alpha value is -1.15. The largest absolute Gasteiger partial charge is 0.379 e. The van der Waals surface area contributed by atoms with Gasteiger partial charge in [0.25, 0.3) is 10.0 Å². The van der Waals surface area contributed by atoms with E-state index < -0.39 is 10.0 Å². The highest BCUT2D eigenvalue weighted by Crippen LogP contribution is 2.26. The lowest BCUT2D eigenvalue weighted by atomic mass is 10.5. The summed E-state index contributed by atoms with van der Waals surface area (Å²) >= 11 is 6.00. The highest BCUT2D eigenvalue weighted by atomic mass is 35.5. The maximum atomic E-state index is 12.6. The van der Waals surface area contributed by atoms with Crippen LogP contribution in [-0.2, 0) is 14.8 Å². The Bertz CT molecular complexity index is 707. The van der Waals surface area contributed by atoms with E-state index in [1.165, 1.54) is 8.71 Å². The summed E-state index contributed by atoms with van der Waals surface area (Å²) in [5.41, 5.74) is 0.513. The summed E-state index contributed by atoms with van der Waals surface area (Å²) in [4.78, 5) is 4.07. The normalized spacial score (nSPS) is 17.9. The number of imidazole rings is 1. The number of morpholine rings is 1. The van der Waals surface area contributed by atoms with E-state index in [4.69, 9.17) is 16.3 Å². The predicted molar refractivity (Wildman–Crippen MR) is 69.8 cm³/mol. The number of fused-ring (bicyclic) bond motifs is 1. The molecule has 0 spiro atoms. The van der Waals surface area contributed by atoms with Crippen molar-refractivity contribution in [1.29, 1.82) is 0 Å². The molecule has 8 heteroatoms. The first kappa shape index (κ1) is 12.9. The fourth-order valence-corrected chi connectivity index (χ4v) is 4.09. The van der Waals surface area contributed by atoms with E-state index in [0.717, 1.165) is 0 Å². The number of sulfonamides is 1. The lowest BCUT2D eigenvalue weighted by molar-refractivity contribution is 0.0729. The van der Waals surface area contributed by atoms with Gasteiger partial charge in [-0.05, 0) is 12.1 Å². The van der Waals surface area contributed by atoms with Gasteiger partial charge >= 0.3 is 0 Å². The molecule has 0 N–H and O–H groups in total. The van der Waals surface area contributed by atoms with Crippen LogP contribution in [0.5, 0.6) is 0 Å². The van der Waals surface area contributed by atoms with Crippen LogP contribution in [0.2, 0.25) is 5.15 Å². The van der Waals surface area contributed by atoms with Gasteiger partial charge in [0.2, 0.25) is 0 Å². The molecule has 6 nitrogen and oxygen atoms in total. The van der Waals surface area contributed by atoms with Gasteiger partial charge in [0.15, 0.2) is 10.2 Å². The van der Waals surface area contributed by atoms with Crippen LogP contribution in [0.3, 0.4) is 0 Å². The Balaban J connectivity index is 2.15. The van der Waals surface area contributed by atoms with Crippen LogP contribution in [0, 0.1) is 0 Å². The summed E-state index contributed by atoms with van der Waals surface area (Å²) in [6, 6.07) is 5.23. The minimum absolute atomic E-state index is 0.00214. The second-order valence-corrected chi connectivity index (χ2v) is 6.36. The molecule has 0 radical (unpaired) electrons. The maximum Gasteiger partial charge on any atom is 0.262 e. The smallest absolute Gasteiger partial charge is 0.262 e. The first-order chi connectivity index (χ1) is 9.10. The van der Waals surface area contributed by atoms with Crippen molar-refractivity contribution < 1.29 is 13.2 Å². The molecule has 1 fully saturated rings. The second-order valence-electron chi connectivity index (χ2n) is 4.15. The van der Waals surface area contributed by atoms with Gasteiger partial charge in [-0.15, -0.1) is 0 Å². The molecule has 3 heterocycles. The molecular weight excluding hydrogens is 290 g/mol. The van der Waals surface area contributed by atoms with E-state index in [2.05, 4.69) is 4.98 Å². The molecular formula is C11H12ClN3O3S. The fourth-order valence-electron chi connectivity index (χ4n) is 2.08. The van der Waals surface area contributed by atoms with Crippen molar-refractivity contribution in [2.75, 3.05) is 26.3 Å². The number of nitrogens with zero attached hydrogens (tertiary/aromatic N) is 3. The van der Waals surface area contributed by atoms with Gasteiger partial charge < -0.3 is 4.74 Å². The minimum Gasteiger partial charge on any atom is -0.379 e. The zero-order valence-corrected chi connectivity index (χ0v) is 11.6. The average Bonchev–Trinajstić information content (AvgIpc) is 2.76. The van der Waals surface area contributed by atoms with Gasteiger partial charge in [-0.25, -0.2) is 13.4 Å². The number of hydrogen-bond acceptors (Lipinski definition) is 4. The van der Waals surface area contributed by atoms with Crippen LogP contribution in [0.4, 0.5) is 0 Å². The third kappa shape index (κ3) is 2.12. The van der Waals surface area contributed by atoms with Crippen LogP contribution < -0.4 is 0 Å². The molecule has 2 aromatic heterocycles. The van der Waals surface area contributed by atoms with E-state index in [1.807, 2.05) is 0 Å². The van der Waals surface area contributed by atoms with Crippen molar-refractivity contribution >= 4 is 27.3 Å².